The highest BCUT2D eigenvalue weighted by Gasteiger charge is 2.12. The maximum Gasteiger partial charge on any atom is 0.200 e. The Morgan fingerprint density at radius 2 is 1.80 bits per heavy atom. The molecule has 0 saturated carbocycles. The Labute approximate surface area is 119 Å². The monoisotopic (exact) mass is 266 g/mol. The normalized spacial score (nSPS) is 13.1. The van der Waals surface area contributed by atoms with Crippen molar-refractivity contribution >= 4 is 5.78 Å². The summed E-state index contributed by atoms with van der Waals surface area (Å²) in [6, 6.07) is 13.8. The van der Waals surface area contributed by atoms with Gasteiger partial charge in [0.15, 0.2) is 12.4 Å². The van der Waals surface area contributed by atoms with E-state index in [1.165, 1.54) is 17.5 Å². The van der Waals surface area contributed by atoms with Crippen molar-refractivity contribution in [3.05, 3.63) is 64.7 Å². The molecule has 2 heteroatoms. The molecule has 0 spiro atoms. The molecular formula is C18H18O2. The Balaban J connectivity index is 1.64. The van der Waals surface area contributed by atoms with E-state index in [0.29, 0.717) is 5.56 Å². The SMILES string of the molecule is Cc1ccc(C(=O)COc2ccc3c(c2)CCC3)cc1. The quantitative estimate of drug-likeness (QED) is 0.788. The first-order valence-electron chi connectivity index (χ1n) is 7.07. The number of carbonyl (C=O) groups is 1. The van der Waals surface area contributed by atoms with Crippen LogP contribution < -0.4 is 4.74 Å². The van der Waals surface area contributed by atoms with Crippen molar-refractivity contribution in [2.45, 2.75) is 26.2 Å². The van der Waals surface area contributed by atoms with Gasteiger partial charge in [-0.05, 0) is 49.4 Å². The van der Waals surface area contributed by atoms with Crippen LogP contribution in [0.5, 0.6) is 5.75 Å². The van der Waals surface area contributed by atoms with E-state index in [4.69, 9.17) is 4.74 Å². The molecule has 20 heavy (non-hydrogen) atoms. The molecule has 1 aliphatic carbocycles. The molecule has 0 atom stereocenters. The van der Waals surface area contributed by atoms with Gasteiger partial charge in [0.1, 0.15) is 5.75 Å². The van der Waals surface area contributed by atoms with Crippen molar-refractivity contribution < 1.29 is 9.53 Å². The van der Waals surface area contributed by atoms with Crippen LogP contribution >= 0.6 is 0 Å². The van der Waals surface area contributed by atoms with E-state index in [2.05, 4.69) is 12.1 Å². The molecule has 0 unspecified atom stereocenters. The lowest BCUT2D eigenvalue weighted by Crippen LogP contribution is -2.11. The molecule has 2 nitrogen and oxygen atoms in total. The summed E-state index contributed by atoms with van der Waals surface area (Å²) in [6.45, 7) is 2.11. The van der Waals surface area contributed by atoms with E-state index in [1.54, 1.807) is 0 Å². The fraction of sp³-hybridized carbons (Fsp3) is 0.278. The summed E-state index contributed by atoms with van der Waals surface area (Å²) in [6.07, 6.45) is 3.51. The van der Waals surface area contributed by atoms with Crippen molar-refractivity contribution in [3.8, 4) is 5.75 Å². The number of rotatable bonds is 4. The Morgan fingerprint density at radius 1 is 1.05 bits per heavy atom. The van der Waals surface area contributed by atoms with Crippen molar-refractivity contribution in [3.63, 3.8) is 0 Å². The second-order valence-electron chi connectivity index (χ2n) is 5.36. The summed E-state index contributed by atoms with van der Waals surface area (Å²) in [5, 5.41) is 0. The lowest BCUT2D eigenvalue weighted by molar-refractivity contribution is 0.0921. The maximum atomic E-state index is 12.0. The van der Waals surface area contributed by atoms with Gasteiger partial charge in [0.2, 0.25) is 0 Å². The van der Waals surface area contributed by atoms with Gasteiger partial charge in [-0.1, -0.05) is 35.9 Å². The summed E-state index contributed by atoms with van der Waals surface area (Å²) in [5.41, 5.74) is 4.64. The van der Waals surface area contributed by atoms with E-state index in [9.17, 15) is 4.79 Å². The van der Waals surface area contributed by atoms with Crippen LogP contribution in [-0.4, -0.2) is 12.4 Å². The zero-order valence-corrected chi connectivity index (χ0v) is 11.7. The zero-order valence-electron chi connectivity index (χ0n) is 11.7. The molecule has 0 aromatic heterocycles. The van der Waals surface area contributed by atoms with Crippen LogP contribution in [0.2, 0.25) is 0 Å². The van der Waals surface area contributed by atoms with E-state index in [1.807, 2.05) is 37.3 Å². The van der Waals surface area contributed by atoms with Crippen LogP contribution in [0.1, 0.15) is 33.5 Å². The fourth-order valence-corrected chi connectivity index (χ4v) is 2.61. The van der Waals surface area contributed by atoms with Gasteiger partial charge in [-0.15, -0.1) is 0 Å². The maximum absolute atomic E-state index is 12.0. The highest BCUT2D eigenvalue weighted by molar-refractivity contribution is 5.97. The number of aryl methyl sites for hydroxylation is 3. The Bertz CT molecular complexity index is 626. The van der Waals surface area contributed by atoms with Gasteiger partial charge < -0.3 is 4.74 Å². The first-order chi connectivity index (χ1) is 9.72. The van der Waals surface area contributed by atoms with Gasteiger partial charge in [0.25, 0.3) is 0 Å². The predicted molar refractivity (Wildman–Crippen MR) is 79.5 cm³/mol. The molecule has 0 radical (unpaired) electrons. The van der Waals surface area contributed by atoms with Gasteiger partial charge in [0.05, 0.1) is 0 Å². The highest BCUT2D eigenvalue weighted by Crippen LogP contribution is 2.26. The van der Waals surface area contributed by atoms with Gasteiger partial charge in [-0.2, -0.15) is 0 Å². The average molecular weight is 266 g/mol. The summed E-state index contributed by atoms with van der Waals surface area (Å²) in [5.74, 6) is 0.816. The molecule has 0 saturated heterocycles. The number of fused-ring (bicyclic) bond motifs is 1. The molecule has 0 bridgehead atoms. The lowest BCUT2D eigenvalue weighted by Gasteiger charge is -2.08. The second-order valence-corrected chi connectivity index (χ2v) is 5.36. The minimum Gasteiger partial charge on any atom is -0.485 e. The van der Waals surface area contributed by atoms with Gasteiger partial charge in [0, 0.05) is 5.56 Å². The van der Waals surface area contributed by atoms with E-state index >= 15 is 0 Å². The van der Waals surface area contributed by atoms with Crippen molar-refractivity contribution in [2.24, 2.45) is 0 Å². The molecule has 0 fully saturated rings. The van der Waals surface area contributed by atoms with Crippen molar-refractivity contribution in [2.75, 3.05) is 6.61 Å². The highest BCUT2D eigenvalue weighted by atomic mass is 16.5. The molecular weight excluding hydrogens is 248 g/mol. The lowest BCUT2D eigenvalue weighted by atomic mass is 10.1. The minimum atomic E-state index is 0.0190. The fourth-order valence-electron chi connectivity index (χ4n) is 2.61. The Kier molecular flexibility index (Phi) is 3.55. The third-order valence-electron chi connectivity index (χ3n) is 3.81. The molecule has 2 aromatic carbocycles. The van der Waals surface area contributed by atoms with Crippen molar-refractivity contribution in [1.82, 2.24) is 0 Å². The molecule has 0 amide bonds. The first-order valence-corrected chi connectivity index (χ1v) is 7.07. The van der Waals surface area contributed by atoms with Crippen LogP contribution in [0.3, 0.4) is 0 Å². The third kappa shape index (κ3) is 2.74. The summed E-state index contributed by atoms with van der Waals surface area (Å²) in [4.78, 5) is 12.0. The molecule has 0 heterocycles. The number of ketones is 1. The van der Waals surface area contributed by atoms with Gasteiger partial charge in [-0.3, -0.25) is 4.79 Å². The molecule has 3 rings (SSSR count). The van der Waals surface area contributed by atoms with E-state index in [-0.39, 0.29) is 12.4 Å². The van der Waals surface area contributed by atoms with Crippen LogP contribution in [0.15, 0.2) is 42.5 Å². The number of Topliss-reactive ketones (excluding diaryl/α,β-unsaturated/α-hetero) is 1. The largest absolute Gasteiger partial charge is 0.485 e. The number of hydrogen-bond donors (Lipinski definition) is 0. The Morgan fingerprint density at radius 3 is 2.60 bits per heavy atom. The van der Waals surface area contributed by atoms with Crippen LogP contribution in [0, 0.1) is 6.92 Å². The number of hydrogen-bond acceptors (Lipinski definition) is 2. The minimum absolute atomic E-state index is 0.0190. The standard InChI is InChI=1S/C18H18O2/c1-13-5-7-15(8-6-13)18(19)12-20-17-10-9-14-3-2-4-16(14)11-17/h5-11H,2-4,12H2,1H3. The summed E-state index contributed by atoms with van der Waals surface area (Å²) in [7, 11) is 0. The summed E-state index contributed by atoms with van der Waals surface area (Å²) < 4.78 is 5.63. The van der Waals surface area contributed by atoms with E-state index < -0.39 is 0 Å². The van der Waals surface area contributed by atoms with Gasteiger partial charge >= 0.3 is 0 Å². The van der Waals surface area contributed by atoms with Gasteiger partial charge in [-0.25, -0.2) is 0 Å². The molecule has 2 aromatic rings. The molecule has 0 aliphatic heterocycles. The van der Waals surface area contributed by atoms with E-state index in [0.717, 1.165) is 24.2 Å². The number of ether oxygens (including phenoxy) is 1. The summed E-state index contributed by atoms with van der Waals surface area (Å²) >= 11 is 0. The molecule has 0 N–H and O–H groups in total. The number of benzene rings is 2. The second kappa shape index (κ2) is 5.49. The van der Waals surface area contributed by atoms with Crippen LogP contribution in [-0.2, 0) is 12.8 Å². The van der Waals surface area contributed by atoms with Crippen LogP contribution in [0.4, 0.5) is 0 Å². The average Bonchev–Trinajstić information content (AvgIpc) is 2.93. The van der Waals surface area contributed by atoms with Crippen molar-refractivity contribution in [1.29, 1.82) is 0 Å². The molecule has 102 valence electrons. The first kappa shape index (κ1) is 12.9. The Hall–Kier alpha value is -2.09. The predicted octanol–water partition coefficient (Wildman–Crippen LogP) is 3.75. The number of carbonyl (C=O) groups excluding carboxylic acids is 1. The van der Waals surface area contributed by atoms with Crippen LogP contribution in [0.25, 0.3) is 0 Å². The topological polar surface area (TPSA) is 26.3 Å². The third-order valence-corrected chi connectivity index (χ3v) is 3.81. The zero-order chi connectivity index (χ0) is 13.9. The molecule has 1 aliphatic rings. The smallest absolute Gasteiger partial charge is 0.200 e.